The molecular formula is C27H44O3. The van der Waals surface area contributed by atoms with Crippen molar-refractivity contribution in [1.82, 2.24) is 0 Å². The fraction of sp³-hybridized carbons (Fsp3) is 0.778. The molecule has 3 heteroatoms. The van der Waals surface area contributed by atoms with Crippen LogP contribution >= 0.6 is 0 Å². The standard InChI is InChI=1S/C27H44O3/c1-18(2)30-15-7-8-19(3)24-12-13-25-21(9-6-14-27(24,25)5)10-11-22-16-23(28)17-26(29)20(22)4/h10-11,18-19,23-26,28-29H,4,6-9,12-17H2,1-3,5H3/b21-10+,22-11+/t19-,23-,24-,25+,26+,27-/m1/s1. The predicted octanol–water partition coefficient (Wildman–Crippen LogP) is 5.97. The van der Waals surface area contributed by atoms with Gasteiger partial charge in [-0.3, -0.25) is 0 Å². The Morgan fingerprint density at radius 2 is 1.97 bits per heavy atom. The number of fused-ring (bicyclic) bond motifs is 1. The summed E-state index contributed by atoms with van der Waals surface area (Å²) in [6, 6.07) is 0. The molecule has 0 radical (unpaired) electrons. The Kier molecular flexibility index (Phi) is 8.03. The molecule has 3 nitrogen and oxygen atoms in total. The molecule has 0 aromatic carbocycles. The quantitative estimate of drug-likeness (QED) is 0.503. The summed E-state index contributed by atoms with van der Waals surface area (Å²) in [4.78, 5) is 0. The highest BCUT2D eigenvalue weighted by molar-refractivity contribution is 5.38. The second kappa shape index (κ2) is 10.1. The van der Waals surface area contributed by atoms with Crippen LogP contribution in [0.1, 0.15) is 85.5 Å². The Bertz CT molecular complexity index is 661. The topological polar surface area (TPSA) is 49.7 Å². The maximum absolute atomic E-state index is 10.1. The van der Waals surface area contributed by atoms with E-state index in [0.29, 0.717) is 30.3 Å². The summed E-state index contributed by atoms with van der Waals surface area (Å²) in [5.41, 5.74) is 3.80. The lowest BCUT2D eigenvalue weighted by atomic mass is 9.60. The fourth-order valence-electron chi connectivity index (χ4n) is 6.60. The summed E-state index contributed by atoms with van der Waals surface area (Å²) in [5.74, 6) is 2.22. The van der Waals surface area contributed by atoms with E-state index in [1.54, 1.807) is 5.57 Å². The van der Waals surface area contributed by atoms with Gasteiger partial charge in [0.1, 0.15) is 0 Å². The van der Waals surface area contributed by atoms with Crippen molar-refractivity contribution in [3.05, 3.63) is 35.5 Å². The van der Waals surface area contributed by atoms with E-state index in [1.807, 2.05) is 0 Å². The van der Waals surface area contributed by atoms with Gasteiger partial charge >= 0.3 is 0 Å². The summed E-state index contributed by atoms with van der Waals surface area (Å²) in [5, 5.41) is 20.2. The monoisotopic (exact) mass is 416 g/mol. The Balaban J connectivity index is 1.67. The highest BCUT2D eigenvalue weighted by Gasteiger charge is 2.50. The fourth-order valence-corrected chi connectivity index (χ4v) is 6.60. The molecule has 0 aromatic rings. The molecule has 6 atom stereocenters. The van der Waals surface area contributed by atoms with E-state index in [9.17, 15) is 10.2 Å². The van der Waals surface area contributed by atoms with E-state index in [0.717, 1.165) is 36.0 Å². The van der Waals surface area contributed by atoms with Gasteiger partial charge < -0.3 is 14.9 Å². The Morgan fingerprint density at radius 3 is 2.70 bits per heavy atom. The molecule has 2 N–H and O–H groups in total. The van der Waals surface area contributed by atoms with Crippen LogP contribution in [0, 0.1) is 23.2 Å². The van der Waals surface area contributed by atoms with Gasteiger partial charge in [-0.1, -0.05) is 38.2 Å². The van der Waals surface area contributed by atoms with Crippen molar-refractivity contribution in [2.45, 2.75) is 104 Å². The molecule has 30 heavy (non-hydrogen) atoms. The van der Waals surface area contributed by atoms with E-state index < -0.39 is 12.2 Å². The van der Waals surface area contributed by atoms with Gasteiger partial charge in [-0.25, -0.2) is 0 Å². The summed E-state index contributed by atoms with van der Waals surface area (Å²) in [6.45, 7) is 14.2. The second-order valence-corrected chi connectivity index (χ2v) is 10.7. The number of aliphatic hydroxyl groups is 2. The molecule has 3 saturated carbocycles. The molecule has 0 bridgehead atoms. The van der Waals surface area contributed by atoms with Gasteiger partial charge in [-0.15, -0.1) is 0 Å². The van der Waals surface area contributed by atoms with Crippen molar-refractivity contribution < 1.29 is 14.9 Å². The molecule has 0 amide bonds. The van der Waals surface area contributed by atoms with Gasteiger partial charge in [0.15, 0.2) is 0 Å². The third-order valence-corrected chi connectivity index (χ3v) is 8.24. The number of allylic oxidation sites excluding steroid dienone is 3. The van der Waals surface area contributed by atoms with Crippen LogP contribution in [0.4, 0.5) is 0 Å². The van der Waals surface area contributed by atoms with E-state index >= 15 is 0 Å². The molecule has 3 fully saturated rings. The summed E-state index contributed by atoms with van der Waals surface area (Å²) in [6.07, 6.45) is 13.6. The zero-order chi connectivity index (χ0) is 21.9. The van der Waals surface area contributed by atoms with E-state index in [4.69, 9.17) is 4.74 Å². The minimum absolute atomic E-state index is 0.330. The first kappa shape index (κ1) is 23.8. The number of rotatable bonds is 7. The minimum Gasteiger partial charge on any atom is -0.393 e. The first-order valence-electron chi connectivity index (χ1n) is 12.3. The van der Waals surface area contributed by atoms with Crippen LogP contribution in [0.5, 0.6) is 0 Å². The summed E-state index contributed by atoms with van der Waals surface area (Å²) >= 11 is 0. The van der Waals surface area contributed by atoms with Gasteiger partial charge in [0, 0.05) is 13.0 Å². The Labute approximate surface area is 184 Å². The maximum Gasteiger partial charge on any atom is 0.0811 e. The van der Waals surface area contributed by atoms with Crippen molar-refractivity contribution in [2.75, 3.05) is 6.61 Å². The molecule has 170 valence electrons. The Morgan fingerprint density at radius 1 is 1.20 bits per heavy atom. The van der Waals surface area contributed by atoms with E-state index in [2.05, 4.69) is 46.4 Å². The molecule has 0 aromatic heterocycles. The highest BCUT2D eigenvalue weighted by atomic mass is 16.5. The normalized spacial score (nSPS) is 38.4. The lowest BCUT2D eigenvalue weighted by Crippen LogP contribution is -2.36. The van der Waals surface area contributed by atoms with Crippen LogP contribution in [-0.4, -0.2) is 35.1 Å². The SMILES string of the molecule is C=C1/C(=C/C=C2\CCC[C@]3(C)[C@@H]([C@H](C)CCCOC(C)C)CC[C@@H]23)C[C@@H](O)C[C@@H]1O. The van der Waals surface area contributed by atoms with E-state index in [-0.39, 0.29) is 0 Å². The summed E-state index contributed by atoms with van der Waals surface area (Å²) < 4.78 is 5.76. The maximum atomic E-state index is 10.1. The lowest BCUT2D eigenvalue weighted by molar-refractivity contribution is 0.0612. The number of aliphatic hydroxyl groups excluding tert-OH is 2. The first-order chi connectivity index (χ1) is 14.2. The van der Waals surface area contributed by atoms with Crippen LogP contribution in [-0.2, 0) is 4.74 Å². The van der Waals surface area contributed by atoms with Crippen molar-refractivity contribution in [2.24, 2.45) is 23.2 Å². The number of hydrogen-bond acceptors (Lipinski definition) is 3. The number of ether oxygens (including phenoxy) is 1. The van der Waals surface area contributed by atoms with Crippen LogP contribution in [0.3, 0.4) is 0 Å². The van der Waals surface area contributed by atoms with Crippen LogP contribution in [0.2, 0.25) is 0 Å². The highest BCUT2D eigenvalue weighted by Crippen LogP contribution is 2.59. The molecule has 0 spiro atoms. The van der Waals surface area contributed by atoms with Gasteiger partial charge in [0.25, 0.3) is 0 Å². The molecule has 3 aliphatic rings. The predicted molar refractivity (Wildman–Crippen MR) is 124 cm³/mol. The average Bonchev–Trinajstić information content (AvgIpc) is 3.04. The third-order valence-electron chi connectivity index (χ3n) is 8.24. The zero-order valence-corrected chi connectivity index (χ0v) is 19.7. The van der Waals surface area contributed by atoms with Gasteiger partial charge in [-0.2, -0.15) is 0 Å². The third kappa shape index (κ3) is 5.29. The van der Waals surface area contributed by atoms with Gasteiger partial charge in [0.2, 0.25) is 0 Å². The average molecular weight is 417 g/mol. The van der Waals surface area contributed by atoms with Crippen molar-refractivity contribution >= 4 is 0 Å². The molecule has 0 saturated heterocycles. The summed E-state index contributed by atoms with van der Waals surface area (Å²) in [7, 11) is 0. The van der Waals surface area contributed by atoms with Gasteiger partial charge in [-0.05, 0) is 99.5 Å². The molecule has 0 heterocycles. The van der Waals surface area contributed by atoms with Crippen LogP contribution < -0.4 is 0 Å². The lowest BCUT2D eigenvalue weighted by Gasteiger charge is -2.44. The molecule has 0 unspecified atom stereocenters. The van der Waals surface area contributed by atoms with E-state index in [1.165, 1.54) is 38.5 Å². The minimum atomic E-state index is -0.605. The molecule has 3 aliphatic carbocycles. The van der Waals surface area contributed by atoms with Crippen molar-refractivity contribution in [3.8, 4) is 0 Å². The van der Waals surface area contributed by atoms with Gasteiger partial charge in [0.05, 0.1) is 18.3 Å². The van der Waals surface area contributed by atoms with Crippen LogP contribution in [0.15, 0.2) is 35.5 Å². The first-order valence-corrected chi connectivity index (χ1v) is 12.3. The molecule has 3 rings (SSSR count). The molecule has 0 aliphatic heterocycles. The van der Waals surface area contributed by atoms with Crippen LogP contribution in [0.25, 0.3) is 0 Å². The van der Waals surface area contributed by atoms with Crippen molar-refractivity contribution in [3.63, 3.8) is 0 Å². The second-order valence-electron chi connectivity index (χ2n) is 10.7. The van der Waals surface area contributed by atoms with Crippen molar-refractivity contribution in [1.29, 1.82) is 0 Å². The molecular weight excluding hydrogens is 372 g/mol. The Hall–Kier alpha value is -0.900. The smallest absolute Gasteiger partial charge is 0.0811 e. The number of hydrogen-bond donors (Lipinski definition) is 2. The largest absolute Gasteiger partial charge is 0.393 e. The zero-order valence-electron chi connectivity index (χ0n) is 19.7.